The van der Waals surface area contributed by atoms with Gasteiger partial charge >= 0.3 is 0 Å². The van der Waals surface area contributed by atoms with Crippen molar-refractivity contribution in [3.8, 4) is 5.75 Å². The maximum Gasteiger partial charge on any atom is 0.254 e. The number of nitrogens with zero attached hydrogens (tertiary/aromatic N) is 2. The zero-order chi connectivity index (χ0) is 15.0. The second-order valence-corrected chi connectivity index (χ2v) is 5.67. The van der Waals surface area contributed by atoms with Gasteiger partial charge in [0.05, 0.1) is 5.69 Å². The monoisotopic (exact) mass is 289 g/mol. The summed E-state index contributed by atoms with van der Waals surface area (Å²) in [4.78, 5) is 27.9. The van der Waals surface area contributed by atoms with Crippen LogP contribution in [-0.4, -0.2) is 52.9 Å². The van der Waals surface area contributed by atoms with Crippen LogP contribution >= 0.6 is 0 Å². The number of benzene rings is 1. The lowest BCUT2D eigenvalue weighted by atomic mass is 10.1. The van der Waals surface area contributed by atoms with Gasteiger partial charge in [-0.15, -0.1) is 0 Å². The molecule has 2 amide bonds. The highest BCUT2D eigenvalue weighted by Crippen LogP contribution is 2.31. The summed E-state index contributed by atoms with van der Waals surface area (Å²) in [6.45, 7) is 2.23. The number of hydrogen-bond acceptors (Lipinski definition) is 4. The lowest BCUT2D eigenvalue weighted by Crippen LogP contribution is -2.51. The minimum Gasteiger partial charge on any atom is -0.506 e. The van der Waals surface area contributed by atoms with Gasteiger partial charge in [-0.2, -0.15) is 0 Å². The van der Waals surface area contributed by atoms with Crippen LogP contribution in [0.2, 0.25) is 0 Å². The zero-order valence-electron chi connectivity index (χ0n) is 11.8. The number of carbonyl (C=O) groups excluding carboxylic acids is 2. The van der Waals surface area contributed by atoms with E-state index in [9.17, 15) is 14.7 Å². The largest absolute Gasteiger partial charge is 0.506 e. The Bertz CT molecular complexity index is 576. The molecule has 6 nitrogen and oxygen atoms in total. The van der Waals surface area contributed by atoms with Crippen molar-refractivity contribution in [1.82, 2.24) is 9.80 Å². The number of anilines is 1. The predicted octanol–water partition coefficient (Wildman–Crippen LogP) is 0.669. The van der Waals surface area contributed by atoms with E-state index in [0.717, 1.165) is 12.8 Å². The van der Waals surface area contributed by atoms with E-state index in [0.29, 0.717) is 31.7 Å². The Morgan fingerprint density at radius 2 is 1.71 bits per heavy atom. The Balaban J connectivity index is 1.61. The first-order valence-electron chi connectivity index (χ1n) is 7.23. The molecular weight excluding hydrogens is 270 g/mol. The second kappa shape index (κ2) is 5.27. The van der Waals surface area contributed by atoms with Crippen LogP contribution in [0, 0.1) is 5.92 Å². The summed E-state index contributed by atoms with van der Waals surface area (Å²) in [7, 11) is 0. The van der Waals surface area contributed by atoms with Gasteiger partial charge in [0.2, 0.25) is 5.91 Å². The lowest BCUT2D eigenvalue weighted by Gasteiger charge is -2.35. The van der Waals surface area contributed by atoms with Crippen LogP contribution in [0.15, 0.2) is 18.2 Å². The molecule has 0 unspecified atom stereocenters. The molecule has 1 aliphatic heterocycles. The van der Waals surface area contributed by atoms with E-state index in [4.69, 9.17) is 5.73 Å². The molecule has 1 aromatic rings. The Morgan fingerprint density at radius 1 is 1.10 bits per heavy atom. The lowest BCUT2D eigenvalue weighted by molar-refractivity contribution is -0.134. The van der Waals surface area contributed by atoms with E-state index < -0.39 is 0 Å². The number of hydrogen-bond donors (Lipinski definition) is 2. The number of phenolic OH excluding ortho intramolecular Hbond substituents is 1. The maximum absolute atomic E-state index is 12.4. The second-order valence-electron chi connectivity index (χ2n) is 5.67. The molecule has 21 heavy (non-hydrogen) atoms. The molecule has 3 rings (SSSR count). The van der Waals surface area contributed by atoms with Crippen molar-refractivity contribution in [3.05, 3.63) is 23.8 Å². The Hall–Kier alpha value is -2.24. The molecule has 0 radical (unpaired) electrons. The van der Waals surface area contributed by atoms with Crippen LogP contribution in [0.3, 0.4) is 0 Å². The average Bonchev–Trinajstić information content (AvgIpc) is 3.33. The quantitative estimate of drug-likeness (QED) is 0.619. The smallest absolute Gasteiger partial charge is 0.254 e. The van der Waals surface area contributed by atoms with E-state index >= 15 is 0 Å². The average molecular weight is 289 g/mol. The van der Waals surface area contributed by atoms with Gasteiger partial charge in [-0.25, -0.2) is 0 Å². The number of carbonyl (C=O) groups is 2. The number of amides is 2. The van der Waals surface area contributed by atoms with Gasteiger partial charge in [0.25, 0.3) is 5.91 Å². The molecule has 0 bridgehead atoms. The fourth-order valence-corrected chi connectivity index (χ4v) is 2.58. The number of nitrogens with two attached hydrogens (primary N) is 1. The zero-order valence-corrected chi connectivity index (χ0v) is 11.8. The van der Waals surface area contributed by atoms with Crippen molar-refractivity contribution in [2.45, 2.75) is 12.8 Å². The van der Waals surface area contributed by atoms with E-state index in [1.807, 2.05) is 4.90 Å². The van der Waals surface area contributed by atoms with Crippen molar-refractivity contribution in [2.24, 2.45) is 5.92 Å². The molecule has 1 aromatic carbocycles. The summed E-state index contributed by atoms with van der Waals surface area (Å²) in [5, 5.41) is 9.58. The highest BCUT2D eigenvalue weighted by atomic mass is 16.3. The molecule has 1 saturated carbocycles. The first-order valence-corrected chi connectivity index (χ1v) is 7.23. The van der Waals surface area contributed by atoms with Crippen LogP contribution < -0.4 is 5.73 Å². The molecule has 2 fully saturated rings. The van der Waals surface area contributed by atoms with Gasteiger partial charge in [0.15, 0.2) is 0 Å². The topological polar surface area (TPSA) is 86.9 Å². The summed E-state index contributed by atoms with van der Waals surface area (Å²) < 4.78 is 0. The summed E-state index contributed by atoms with van der Waals surface area (Å²) in [6, 6.07) is 4.52. The van der Waals surface area contributed by atoms with Crippen molar-refractivity contribution in [3.63, 3.8) is 0 Å². The summed E-state index contributed by atoms with van der Waals surface area (Å²) in [6.07, 6.45) is 2.01. The van der Waals surface area contributed by atoms with Crippen molar-refractivity contribution in [2.75, 3.05) is 31.9 Å². The van der Waals surface area contributed by atoms with Gasteiger partial charge in [0.1, 0.15) is 5.75 Å². The SMILES string of the molecule is Nc1ccc(C(=O)N2CCN(C(=O)C3CC3)CC2)cc1O. The van der Waals surface area contributed by atoms with Crippen molar-refractivity contribution >= 4 is 17.5 Å². The third-order valence-electron chi connectivity index (χ3n) is 4.08. The van der Waals surface area contributed by atoms with Crippen LogP contribution in [0.5, 0.6) is 5.75 Å². The predicted molar refractivity (Wildman–Crippen MR) is 77.7 cm³/mol. The number of piperazine rings is 1. The third kappa shape index (κ3) is 2.79. The van der Waals surface area contributed by atoms with Crippen molar-refractivity contribution in [1.29, 1.82) is 0 Å². The normalized spacial score (nSPS) is 18.7. The van der Waals surface area contributed by atoms with E-state index in [1.54, 1.807) is 11.0 Å². The summed E-state index contributed by atoms with van der Waals surface area (Å²) >= 11 is 0. The standard InChI is InChI=1S/C15H19N3O3/c16-12-4-3-11(9-13(12)19)15(21)18-7-5-17(6-8-18)14(20)10-1-2-10/h3-4,9-10,19H,1-2,5-8,16H2. The third-order valence-corrected chi connectivity index (χ3v) is 4.08. The van der Waals surface area contributed by atoms with Crippen LogP contribution in [0.4, 0.5) is 5.69 Å². The molecule has 0 spiro atoms. The molecule has 1 heterocycles. The van der Waals surface area contributed by atoms with Gasteiger partial charge in [-0.1, -0.05) is 0 Å². The van der Waals surface area contributed by atoms with Crippen molar-refractivity contribution < 1.29 is 14.7 Å². The van der Waals surface area contributed by atoms with Gasteiger partial charge in [0, 0.05) is 37.7 Å². The first-order chi connectivity index (χ1) is 10.1. The van der Waals surface area contributed by atoms with Crippen LogP contribution in [0.1, 0.15) is 23.2 Å². The molecule has 2 aliphatic rings. The van der Waals surface area contributed by atoms with Gasteiger partial charge < -0.3 is 20.6 Å². The Labute approximate surface area is 123 Å². The number of rotatable bonds is 2. The van der Waals surface area contributed by atoms with Gasteiger partial charge in [-0.05, 0) is 31.0 Å². The molecule has 112 valence electrons. The fraction of sp³-hybridized carbons (Fsp3) is 0.467. The Morgan fingerprint density at radius 3 is 2.29 bits per heavy atom. The molecule has 0 aromatic heterocycles. The van der Waals surface area contributed by atoms with E-state index in [2.05, 4.69) is 0 Å². The van der Waals surface area contributed by atoms with Crippen LogP contribution in [0.25, 0.3) is 0 Å². The molecule has 0 atom stereocenters. The van der Waals surface area contributed by atoms with Crippen LogP contribution in [-0.2, 0) is 4.79 Å². The minimum absolute atomic E-state index is 0.0802. The first kappa shape index (κ1) is 13.7. The molecule has 6 heteroatoms. The fourth-order valence-electron chi connectivity index (χ4n) is 2.58. The summed E-state index contributed by atoms with van der Waals surface area (Å²) in [5.74, 6) is 0.237. The number of phenols is 1. The number of aromatic hydroxyl groups is 1. The highest BCUT2D eigenvalue weighted by Gasteiger charge is 2.35. The Kier molecular flexibility index (Phi) is 3.45. The minimum atomic E-state index is -0.135. The van der Waals surface area contributed by atoms with E-state index in [-0.39, 0.29) is 29.2 Å². The summed E-state index contributed by atoms with van der Waals surface area (Å²) in [5.41, 5.74) is 6.21. The number of nitrogen functional groups attached to an aromatic ring is 1. The maximum atomic E-state index is 12.4. The van der Waals surface area contributed by atoms with E-state index in [1.165, 1.54) is 12.1 Å². The highest BCUT2D eigenvalue weighted by molar-refractivity contribution is 5.95. The van der Waals surface area contributed by atoms with Gasteiger partial charge in [-0.3, -0.25) is 9.59 Å². The molecule has 1 saturated heterocycles. The molecular formula is C15H19N3O3. The molecule has 1 aliphatic carbocycles. The molecule has 3 N–H and O–H groups in total.